The van der Waals surface area contributed by atoms with Crippen molar-refractivity contribution in [2.45, 2.75) is 59.0 Å². The summed E-state index contributed by atoms with van der Waals surface area (Å²) in [6, 6.07) is 11.3. The Morgan fingerprint density at radius 2 is 1.59 bits per heavy atom. The van der Waals surface area contributed by atoms with Gasteiger partial charge in [0.25, 0.3) is 0 Å². The van der Waals surface area contributed by atoms with Crippen molar-refractivity contribution in [3.8, 4) is 0 Å². The van der Waals surface area contributed by atoms with E-state index >= 15 is 0 Å². The Hall–Kier alpha value is -0.820. The van der Waals surface area contributed by atoms with Gasteiger partial charge in [-0.15, -0.1) is 0 Å². The maximum atomic E-state index is 3.67. The molecule has 0 heterocycles. The van der Waals surface area contributed by atoms with Crippen molar-refractivity contribution in [1.82, 2.24) is 5.32 Å². The van der Waals surface area contributed by atoms with Crippen LogP contribution >= 0.6 is 0 Å². The second-order valence-electron chi connectivity index (χ2n) is 4.99. The predicted molar refractivity (Wildman–Crippen MR) is 76.0 cm³/mol. The van der Waals surface area contributed by atoms with Gasteiger partial charge in [0.1, 0.15) is 0 Å². The second-order valence-corrected chi connectivity index (χ2v) is 4.99. The molecule has 17 heavy (non-hydrogen) atoms. The van der Waals surface area contributed by atoms with Gasteiger partial charge < -0.3 is 5.32 Å². The Labute approximate surface area is 107 Å². The van der Waals surface area contributed by atoms with Crippen LogP contribution in [0.5, 0.6) is 0 Å². The fourth-order valence-corrected chi connectivity index (χ4v) is 2.43. The minimum absolute atomic E-state index is 0.620. The van der Waals surface area contributed by atoms with E-state index in [1.54, 1.807) is 0 Å². The third-order valence-electron chi connectivity index (χ3n) is 3.50. The van der Waals surface area contributed by atoms with Gasteiger partial charge in [-0.25, -0.2) is 0 Å². The van der Waals surface area contributed by atoms with E-state index in [9.17, 15) is 0 Å². The number of nitrogens with one attached hydrogen (secondary N) is 1. The molecule has 0 saturated heterocycles. The zero-order valence-corrected chi connectivity index (χ0v) is 11.6. The van der Waals surface area contributed by atoms with Gasteiger partial charge in [-0.3, -0.25) is 0 Å². The summed E-state index contributed by atoms with van der Waals surface area (Å²) < 4.78 is 0. The molecule has 1 unspecified atom stereocenters. The number of hydrogen-bond acceptors (Lipinski definition) is 1. The van der Waals surface area contributed by atoms with Crippen LogP contribution in [0.1, 0.15) is 52.0 Å². The highest BCUT2D eigenvalue weighted by Gasteiger charge is 2.14. The molecular formula is C16H27N. The van der Waals surface area contributed by atoms with Gasteiger partial charge in [0.05, 0.1) is 0 Å². The first kappa shape index (κ1) is 14.2. The SMILES string of the molecule is CCCC(CCC)C(C)NCc1ccccc1. The summed E-state index contributed by atoms with van der Waals surface area (Å²) in [5.74, 6) is 0.828. The number of hydrogen-bond donors (Lipinski definition) is 1. The average Bonchev–Trinajstić information content (AvgIpc) is 2.37. The van der Waals surface area contributed by atoms with E-state index in [4.69, 9.17) is 0 Å². The van der Waals surface area contributed by atoms with E-state index in [1.807, 2.05) is 0 Å². The molecule has 0 aliphatic rings. The fraction of sp³-hybridized carbons (Fsp3) is 0.625. The first-order valence-electron chi connectivity index (χ1n) is 7.05. The van der Waals surface area contributed by atoms with Gasteiger partial charge in [-0.05, 0) is 31.2 Å². The zero-order valence-electron chi connectivity index (χ0n) is 11.6. The molecule has 0 bridgehead atoms. The highest BCUT2D eigenvalue weighted by molar-refractivity contribution is 5.14. The first-order chi connectivity index (χ1) is 8.27. The Morgan fingerprint density at radius 1 is 1.00 bits per heavy atom. The zero-order chi connectivity index (χ0) is 12.5. The summed E-state index contributed by atoms with van der Waals surface area (Å²) in [6.07, 6.45) is 5.28. The van der Waals surface area contributed by atoms with Crippen LogP contribution in [0.15, 0.2) is 30.3 Å². The van der Waals surface area contributed by atoms with Gasteiger partial charge in [0.15, 0.2) is 0 Å². The van der Waals surface area contributed by atoms with Crippen molar-refractivity contribution in [2.24, 2.45) is 5.92 Å². The van der Waals surface area contributed by atoms with Crippen LogP contribution < -0.4 is 5.32 Å². The molecule has 96 valence electrons. The lowest BCUT2D eigenvalue weighted by atomic mass is 9.91. The minimum atomic E-state index is 0.620. The molecule has 0 amide bonds. The molecule has 1 rings (SSSR count). The summed E-state index contributed by atoms with van der Waals surface area (Å²) in [5, 5.41) is 3.67. The van der Waals surface area contributed by atoms with E-state index in [2.05, 4.69) is 56.4 Å². The third kappa shape index (κ3) is 5.36. The van der Waals surface area contributed by atoms with Crippen molar-refractivity contribution in [2.75, 3.05) is 0 Å². The average molecular weight is 233 g/mol. The van der Waals surface area contributed by atoms with Gasteiger partial charge in [0, 0.05) is 12.6 Å². The van der Waals surface area contributed by atoms with E-state index < -0.39 is 0 Å². The Bertz CT molecular complexity index is 275. The molecule has 1 nitrogen and oxygen atoms in total. The van der Waals surface area contributed by atoms with E-state index in [1.165, 1.54) is 31.2 Å². The van der Waals surface area contributed by atoms with E-state index in [-0.39, 0.29) is 0 Å². The molecule has 1 N–H and O–H groups in total. The van der Waals surface area contributed by atoms with Crippen LogP contribution in [0.25, 0.3) is 0 Å². The van der Waals surface area contributed by atoms with Gasteiger partial charge in [-0.1, -0.05) is 57.0 Å². The molecule has 0 saturated carbocycles. The molecule has 0 spiro atoms. The van der Waals surface area contributed by atoms with Crippen LogP contribution in [-0.4, -0.2) is 6.04 Å². The van der Waals surface area contributed by atoms with E-state index in [0.29, 0.717) is 6.04 Å². The van der Waals surface area contributed by atoms with Crippen LogP contribution in [0.3, 0.4) is 0 Å². The Morgan fingerprint density at radius 3 is 2.12 bits per heavy atom. The highest BCUT2D eigenvalue weighted by Crippen LogP contribution is 2.18. The summed E-state index contributed by atoms with van der Waals surface area (Å²) in [7, 11) is 0. The summed E-state index contributed by atoms with van der Waals surface area (Å²) in [4.78, 5) is 0. The highest BCUT2D eigenvalue weighted by atomic mass is 14.9. The molecule has 0 radical (unpaired) electrons. The molecular weight excluding hydrogens is 206 g/mol. The summed E-state index contributed by atoms with van der Waals surface area (Å²) in [5.41, 5.74) is 1.38. The monoisotopic (exact) mass is 233 g/mol. The molecule has 0 fully saturated rings. The lowest BCUT2D eigenvalue weighted by Crippen LogP contribution is -2.33. The molecule has 1 heteroatoms. The lowest BCUT2D eigenvalue weighted by molar-refractivity contribution is 0.327. The molecule has 1 atom stereocenters. The minimum Gasteiger partial charge on any atom is -0.310 e. The van der Waals surface area contributed by atoms with Crippen molar-refractivity contribution in [3.63, 3.8) is 0 Å². The van der Waals surface area contributed by atoms with Crippen LogP contribution in [0.4, 0.5) is 0 Å². The fourth-order valence-electron chi connectivity index (χ4n) is 2.43. The van der Waals surface area contributed by atoms with Crippen molar-refractivity contribution in [1.29, 1.82) is 0 Å². The number of rotatable bonds is 8. The summed E-state index contributed by atoms with van der Waals surface area (Å²) >= 11 is 0. The standard InChI is InChI=1S/C16H27N/c1-4-9-16(10-5-2)14(3)17-13-15-11-7-6-8-12-15/h6-8,11-12,14,16-17H,4-5,9-10,13H2,1-3H3. The van der Waals surface area contributed by atoms with Crippen LogP contribution in [-0.2, 0) is 6.54 Å². The number of benzene rings is 1. The van der Waals surface area contributed by atoms with Crippen molar-refractivity contribution in [3.05, 3.63) is 35.9 Å². The molecule has 1 aromatic carbocycles. The van der Waals surface area contributed by atoms with Crippen molar-refractivity contribution < 1.29 is 0 Å². The summed E-state index contributed by atoms with van der Waals surface area (Å²) in [6.45, 7) is 7.89. The smallest absolute Gasteiger partial charge is 0.0208 e. The maximum Gasteiger partial charge on any atom is 0.0208 e. The Kier molecular flexibility index (Phi) is 6.95. The second kappa shape index (κ2) is 8.30. The molecule has 0 aliphatic carbocycles. The van der Waals surface area contributed by atoms with Crippen LogP contribution in [0, 0.1) is 5.92 Å². The Balaban J connectivity index is 2.38. The van der Waals surface area contributed by atoms with Gasteiger partial charge >= 0.3 is 0 Å². The molecule has 0 aromatic heterocycles. The quantitative estimate of drug-likeness (QED) is 0.702. The lowest BCUT2D eigenvalue weighted by Gasteiger charge is -2.24. The normalized spacial score (nSPS) is 12.9. The van der Waals surface area contributed by atoms with Gasteiger partial charge in [0.2, 0.25) is 0 Å². The third-order valence-corrected chi connectivity index (χ3v) is 3.50. The van der Waals surface area contributed by atoms with Crippen LogP contribution in [0.2, 0.25) is 0 Å². The topological polar surface area (TPSA) is 12.0 Å². The maximum absolute atomic E-state index is 3.67. The van der Waals surface area contributed by atoms with Crippen molar-refractivity contribution >= 4 is 0 Å². The predicted octanol–water partition coefficient (Wildman–Crippen LogP) is 4.38. The largest absolute Gasteiger partial charge is 0.310 e. The van der Waals surface area contributed by atoms with E-state index in [0.717, 1.165) is 12.5 Å². The van der Waals surface area contributed by atoms with Gasteiger partial charge in [-0.2, -0.15) is 0 Å². The molecule has 0 aliphatic heterocycles. The molecule has 1 aromatic rings. The first-order valence-corrected chi connectivity index (χ1v) is 7.05.